The van der Waals surface area contributed by atoms with E-state index in [4.69, 9.17) is 17.3 Å². The Kier molecular flexibility index (Phi) is 3.45. The second-order valence-corrected chi connectivity index (χ2v) is 5.74. The number of nitrogen functional groups attached to an aromatic ring is 1. The summed E-state index contributed by atoms with van der Waals surface area (Å²) in [6.07, 6.45) is 0. The van der Waals surface area contributed by atoms with Crippen LogP contribution in [0.3, 0.4) is 0 Å². The van der Waals surface area contributed by atoms with Gasteiger partial charge in [0.2, 0.25) is 0 Å². The molecule has 94 valence electrons. The van der Waals surface area contributed by atoms with E-state index in [0.29, 0.717) is 10.7 Å². The highest BCUT2D eigenvalue weighted by Gasteiger charge is 2.16. The van der Waals surface area contributed by atoms with Crippen LogP contribution >= 0.6 is 11.6 Å². The Hall–Kier alpha value is -1.72. The van der Waals surface area contributed by atoms with Crippen LogP contribution in [0.1, 0.15) is 0 Å². The molecule has 2 rings (SSSR count). The molecular weight excluding hydrogens is 272 g/mol. The number of rotatable bonds is 3. The number of para-hydroxylation sites is 1. The van der Waals surface area contributed by atoms with Gasteiger partial charge < -0.3 is 5.73 Å². The van der Waals surface area contributed by atoms with E-state index in [1.807, 2.05) is 0 Å². The third-order valence-electron chi connectivity index (χ3n) is 2.29. The van der Waals surface area contributed by atoms with Crippen LogP contribution in [0.2, 0.25) is 5.02 Å². The number of nitrogens with one attached hydrogen (secondary N) is 1. The lowest BCUT2D eigenvalue weighted by Gasteiger charge is -2.10. The van der Waals surface area contributed by atoms with Crippen molar-refractivity contribution in [3.8, 4) is 0 Å². The first-order valence-corrected chi connectivity index (χ1v) is 6.98. The maximum atomic E-state index is 12.1. The largest absolute Gasteiger partial charge is 0.398 e. The summed E-state index contributed by atoms with van der Waals surface area (Å²) >= 11 is 5.79. The molecule has 2 aromatic rings. The number of anilines is 2. The Morgan fingerprint density at radius 1 is 1.06 bits per heavy atom. The molecule has 0 atom stereocenters. The maximum Gasteiger partial charge on any atom is 0.263 e. The van der Waals surface area contributed by atoms with Gasteiger partial charge in [0.1, 0.15) is 4.90 Å². The molecule has 0 spiro atoms. The maximum absolute atomic E-state index is 12.1. The first-order valence-electron chi connectivity index (χ1n) is 5.12. The van der Waals surface area contributed by atoms with Crippen molar-refractivity contribution in [1.82, 2.24) is 0 Å². The van der Waals surface area contributed by atoms with Crippen LogP contribution < -0.4 is 10.5 Å². The fourth-order valence-electron chi connectivity index (χ4n) is 1.49. The molecule has 0 saturated carbocycles. The second-order valence-electron chi connectivity index (χ2n) is 3.65. The van der Waals surface area contributed by atoms with Gasteiger partial charge in [-0.05, 0) is 30.3 Å². The quantitative estimate of drug-likeness (QED) is 0.850. The minimum Gasteiger partial charge on any atom is -0.398 e. The number of nitrogens with two attached hydrogens (primary N) is 1. The molecule has 0 aliphatic heterocycles. The summed E-state index contributed by atoms with van der Waals surface area (Å²) in [5.41, 5.74) is 6.24. The SMILES string of the molecule is Nc1ccccc1S(=O)(=O)Nc1cccc(Cl)c1. The molecule has 18 heavy (non-hydrogen) atoms. The van der Waals surface area contributed by atoms with Gasteiger partial charge in [0.05, 0.1) is 11.4 Å². The van der Waals surface area contributed by atoms with Crippen molar-refractivity contribution in [2.75, 3.05) is 10.5 Å². The monoisotopic (exact) mass is 282 g/mol. The average molecular weight is 283 g/mol. The molecule has 0 radical (unpaired) electrons. The van der Waals surface area contributed by atoms with Gasteiger partial charge in [-0.15, -0.1) is 0 Å². The fraction of sp³-hybridized carbons (Fsp3) is 0. The Balaban J connectivity index is 2.37. The van der Waals surface area contributed by atoms with Crippen LogP contribution in [-0.2, 0) is 10.0 Å². The van der Waals surface area contributed by atoms with Crippen molar-refractivity contribution >= 4 is 33.0 Å². The molecule has 0 aliphatic carbocycles. The molecule has 0 aromatic heterocycles. The molecule has 4 nitrogen and oxygen atoms in total. The highest BCUT2D eigenvalue weighted by atomic mass is 35.5. The molecule has 3 N–H and O–H groups in total. The first-order chi connectivity index (χ1) is 8.49. The topological polar surface area (TPSA) is 72.2 Å². The number of sulfonamides is 1. The lowest BCUT2D eigenvalue weighted by molar-refractivity contribution is 0.601. The van der Waals surface area contributed by atoms with Crippen LogP contribution in [0.15, 0.2) is 53.4 Å². The molecule has 0 saturated heterocycles. The zero-order chi connectivity index (χ0) is 13.2. The predicted molar refractivity (Wildman–Crippen MR) is 73.1 cm³/mol. The lowest BCUT2D eigenvalue weighted by atomic mass is 10.3. The standard InChI is InChI=1S/C12H11ClN2O2S/c13-9-4-3-5-10(8-9)15-18(16,17)12-7-2-1-6-11(12)14/h1-8,15H,14H2. The molecule has 0 amide bonds. The van der Waals surface area contributed by atoms with E-state index in [9.17, 15) is 8.42 Å². The smallest absolute Gasteiger partial charge is 0.263 e. The van der Waals surface area contributed by atoms with Crippen molar-refractivity contribution < 1.29 is 8.42 Å². The molecule has 0 unspecified atom stereocenters. The van der Waals surface area contributed by atoms with Gasteiger partial charge in [-0.1, -0.05) is 29.8 Å². The third-order valence-corrected chi connectivity index (χ3v) is 3.98. The normalized spacial score (nSPS) is 11.2. The summed E-state index contributed by atoms with van der Waals surface area (Å²) in [5.74, 6) is 0. The van der Waals surface area contributed by atoms with Gasteiger partial charge in [0.25, 0.3) is 10.0 Å². The highest BCUT2D eigenvalue weighted by molar-refractivity contribution is 7.92. The van der Waals surface area contributed by atoms with Gasteiger partial charge in [0.15, 0.2) is 0 Å². The van der Waals surface area contributed by atoms with E-state index in [0.717, 1.165) is 0 Å². The second kappa shape index (κ2) is 4.88. The lowest BCUT2D eigenvalue weighted by Crippen LogP contribution is -2.14. The summed E-state index contributed by atoms with van der Waals surface area (Å²) in [5, 5.41) is 0.455. The summed E-state index contributed by atoms with van der Waals surface area (Å²) in [6, 6.07) is 12.7. The van der Waals surface area contributed by atoms with Crippen LogP contribution in [-0.4, -0.2) is 8.42 Å². The van der Waals surface area contributed by atoms with Crippen molar-refractivity contribution in [1.29, 1.82) is 0 Å². The molecule has 0 bridgehead atoms. The fourth-order valence-corrected chi connectivity index (χ4v) is 2.86. The van der Waals surface area contributed by atoms with Crippen molar-refractivity contribution in [3.63, 3.8) is 0 Å². The van der Waals surface area contributed by atoms with E-state index in [-0.39, 0.29) is 10.6 Å². The third kappa shape index (κ3) is 2.75. The number of hydrogen-bond acceptors (Lipinski definition) is 3. The predicted octanol–water partition coefficient (Wildman–Crippen LogP) is 2.72. The summed E-state index contributed by atoms with van der Waals surface area (Å²) in [6.45, 7) is 0. The summed E-state index contributed by atoms with van der Waals surface area (Å²) in [4.78, 5) is 0.0463. The molecular formula is C12H11ClN2O2S. The van der Waals surface area contributed by atoms with E-state index in [1.54, 1.807) is 30.3 Å². The first kappa shape index (κ1) is 12.7. The van der Waals surface area contributed by atoms with E-state index < -0.39 is 10.0 Å². The van der Waals surface area contributed by atoms with Crippen molar-refractivity contribution in [2.45, 2.75) is 4.90 Å². The van der Waals surface area contributed by atoms with Crippen LogP contribution in [0.4, 0.5) is 11.4 Å². The molecule has 6 heteroatoms. The molecule has 0 aliphatic rings. The van der Waals surface area contributed by atoms with E-state index >= 15 is 0 Å². The minimum absolute atomic E-state index is 0.0463. The van der Waals surface area contributed by atoms with Gasteiger partial charge in [-0.2, -0.15) is 0 Å². The van der Waals surface area contributed by atoms with Gasteiger partial charge >= 0.3 is 0 Å². The molecule has 0 heterocycles. The van der Waals surface area contributed by atoms with Gasteiger partial charge in [-0.3, -0.25) is 4.72 Å². The van der Waals surface area contributed by atoms with E-state index in [1.165, 1.54) is 18.2 Å². The van der Waals surface area contributed by atoms with Gasteiger partial charge in [-0.25, -0.2) is 8.42 Å². The van der Waals surface area contributed by atoms with Crippen LogP contribution in [0.5, 0.6) is 0 Å². The molecule has 2 aromatic carbocycles. The molecule has 0 fully saturated rings. The van der Waals surface area contributed by atoms with Crippen LogP contribution in [0, 0.1) is 0 Å². The Morgan fingerprint density at radius 3 is 2.44 bits per heavy atom. The number of hydrogen-bond donors (Lipinski definition) is 2. The van der Waals surface area contributed by atoms with Crippen LogP contribution in [0.25, 0.3) is 0 Å². The highest BCUT2D eigenvalue weighted by Crippen LogP contribution is 2.22. The zero-order valence-electron chi connectivity index (χ0n) is 9.30. The number of benzene rings is 2. The Labute approximate surface area is 110 Å². The van der Waals surface area contributed by atoms with Crippen molar-refractivity contribution in [3.05, 3.63) is 53.6 Å². The average Bonchev–Trinajstić information content (AvgIpc) is 2.28. The Morgan fingerprint density at radius 2 is 1.78 bits per heavy atom. The van der Waals surface area contributed by atoms with Crippen molar-refractivity contribution in [2.24, 2.45) is 0 Å². The zero-order valence-corrected chi connectivity index (χ0v) is 10.9. The minimum atomic E-state index is -3.69. The Bertz CT molecular complexity index is 671. The summed E-state index contributed by atoms with van der Waals surface area (Å²) in [7, 11) is -3.69. The van der Waals surface area contributed by atoms with E-state index in [2.05, 4.69) is 4.72 Å². The van der Waals surface area contributed by atoms with Gasteiger partial charge in [0, 0.05) is 5.02 Å². The summed E-state index contributed by atoms with van der Waals surface area (Å²) < 4.78 is 26.6. The number of halogens is 1.